The normalized spacial score (nSPS) is 20.3. The van der Waals surface area contributed by atoms with Crippen LogP contribution in [0.2, 0.25) is 0 Å². The lowest BCUT2D eigenvalue weighted by atomic mass is 9.74. The second-order valence-corrected chi connectivity index (χ2v) is 5.77. The third-order valence-corrected chi connectivity index (χ3v) is 4.82. The maximum absolute atomic E-state index is 12.2. The summed E-state index contributed by atoms with van der Waals surface area (Å²) >= 11 is 0. The van der Waals surface area contributed by atoms with Crippen LogP contribution in [0.5, 0.6) is 0 Å². The molecule has 0 spiro atoms. The Labute approximate surface area is 117 Å². The van der Waals surface area contributed by atoms with E-state index in [-0.39, 0.29) is 11.9 Å². The molecule has 0 aromatic rings. The molecule has 0 saturated carbocycles. The molecule has 1 heterocycles. The fourth-order valence-electron chi connectivity index (χ4n) is 2.96. The summed E-state index contributed by atoms with van der Waals surface area (Å²) in [5.74, 6) is 0.122. The molecular weight excluding hydrogens is 240 g/mol. The number of likely N-dealkylation sites (tertiary alicyclic amines) is 1. The molecule has 1 aliphatic heterocycles. The van der Waals surface area contributed by atoms with Gasteiger partial charge in [0.05, 0.1) is 6.04 Å². The van der Waals surface area contributed by atoms with Crippen molar-refractivity contribution in [3.05, 3.63) is 0 Å². The average molecular weight is 270 g/mol. The van der Waals surface area contributed by atoms with Crippen LogP contribution in [0.1, 0.15) is 52.4 Å². The first-order valence-corrected chi connectivity index (χ1v) is 7.62. The van der Waals surface area contributed by atoms with Crippen molar-refractivity contribution in [1.82, 2.24) is 4.90 Å². The minimum atomic E-state index is -0.356. The number of amides is 1. The van der Waals surface area contributed by atoms with Crippen molar-refractivity contribution in [3.63, 3.8) is 0 Å². The highest BCUT2D eigenvalue weighted by molar-refractivity contribution is 5.81. The van der Waals surface area contributed by atoms with Crippen LogP contribution >= 0.6 is 0 Å². The molecule has 1 saturated heterocycles. The molecule has 1 fully saturated rings. The van der Waals surface area contributed by atoms with Crippen LogP contribution in [0.3, 0.4) is 0 Å². The van der Waals surface area contributed by atoms with Crippen LogP contribution in [0.4, 0.5) is 0 Å². The van der Waals surface area contributed by atoms with E-state index in [1.165, 1.54) is 12.8 Å². The molecule has 0 aromatic heterocycles. The summed E-state index contributed by atoms with van der Waals surface area (Å²) in [5, 5.41) is 0. The molecule has 0 aliphatic carbocycles. The van der Waals surface area contributed by atoms with E-state index in [2.05, 4.69) is 13.8 Å². The van der Waals surface area contributed by atoms with Gasteiger partial charge in [0.2, 0.25) is 5.91 Å². The van der Waals surface area contributed by atoms with Crippen molar-refractivity contribution in [1.29, 1.82) is 0 Å². The van der Waals surface area contributed by atoms with Crippen molar-refractivity contribution in [2.24, 2.45) is 11.1 Å². The van der Waals surface area contributed by atoms with Gasteiger partial charge in [0.25, 0.3) is 0 Å². The highest BCUT2D eigenvalue weighted by atomic mass is 16.5. The molecular formula is C15H30N2O2. The van der Waals surface area contributed by atoms with E-state index in [4.69, 9.17) is 10.5 Å². The molecule has 0 radical (unpaired) electrons. The number of hydrogen-bond donors (Lipinski definition) is 1. The number of methoxy groups -OCH3 is 1. The van der Waals surface area contributed by atoms with E-state index in [1.54, 1.807) is 7.11 Å². The van der Waals surface area contributed by atoms with Crippen LogP contribution in [0, 0.1) is 5.41 Å². The molecule has 1 atom stereocenters. The maximum atomic E-state index is 12.2. The molecule has 0 bridgehead atoms. The Kier molecular flexibility index (Phi) is 6.80. The predicted molar refractivity (Wildman–Crippen MR) is 77.9 cm³/mol. The maximum Gasteiger partial charge on any atom is 0.239 e. The van der Waals surface area contributed by atoms with Gasteiger partial charge in [0, 0.05) is 26.8 Å². The lowest BCUT2D eigenvalue weighted by molar-refractivity contribution is -0.135. The van der Waals surface area contributed by atoms with Crippen LogP contribution in [-0.2, 0) is 9.53 Å². The molecule has 4 nitrogen and oxygen atoms in total. The Hall–Kier alpha value is -0.610. The number of hydrogen-bond acceptors (Lipinski definition) is 3. The van der Waals surface area contributed by atoms with Gasteiger partial charge in [-0.1, -0.05) is 26.7 Å². The smallest absolute Gasteiger partial charge is 0.239 e. The number of rotatable bonds is 7. The van der Waals surface area contributed by atoms with Gasteiger partial charge < -0.3 is 15.4 Å². The van der Waals surface area contributed by atoms with Gasteiger partial charge >= 0.3 is 0 Å². The van der Waals surface area contributed by atoms with Gasteiger partial charge in [-0.25, -0.2) is 0 Å². The molecule has 112 valence electrons. The van der Waals surface area contributed by atoms with Crippen molar-refractivity contribution < 1.29 is 9.53 Å². The fourth-order valence-corrected chi connectivity index (χ4v) is 2.96. The number of carbonyl (C=O) groups is 1. The van der Waals surface area contributed by atoms with Crippen LogP contribution in [0.25, 0.3) is 0 Å². The Morgan fingerprint density at radius 2 is 1.89 bits per heavy atom. The number of ether oxygens (including phenoxy) is 1. The average Bonchev–Trinajstić information content (AvgIpc) is 2.46. The van der Waals surface area contributed by atoms with Crippen molar-refractivity contribution >= 4 is 5.91 Å². The van der Waals surface area contributed by atoms with Gasteiger partial charge in [-0.15, -0.1) is 0 Å². The van der Waals surface area contributed by atoms with E-state index in [0.29, 0.717) is 12.0 Å². The molecule has 1 aliphatic rings. The standard InChI is InChI=1S/C15H30N2O2/c1-4-15(5-2)8-10-17(11-9-15)14(18)13(16)7-6-12-19-3/h13H,4-12,16H2,1-3H3. The van der Waals surface area contributed by atoms with Crippen molar-refractivity contribution in [3.8, 4) is 0 Å². The third kappa shape index (κ3) is 4.46. The number of carbonyl (C=O) groups excluding carboxylic acids is 1. The van der Waals surface area contributed by atoms with E-state index in [1.807, 2.05) is 4.90 Å². The quantitative estimate of drug-likeness (QED) is 0.721. The fraction of sp³-hybridized carbons (Fsp3) is 0.933. The van der Waals surface area contributed by atoms with Crippen molar-refractivity contribution in [2.75, 3.05) is 26.8 Å². The number of nitrogens with two attached hydrogens (primary N) is 1. The Morgan fingerprint density at radius 1 is 1.32 bits per heavy atom. The molecule has 1 rings (SSSR count). The first-order valence-electron chi connectivity index (χ1n) is 7.62. The van der Waals surface area contributed by atoms with Gasteiger partial charge in [0.1, 0.15) is 0 Å². The van der Waals surface area contributed by atoms with E-state index in [0.717, 1.165) is 38.8 Å². The largest absolute Gasteiger partial charge is 0.385 e. The molecule has 0 aromatic carbocycles. The predicted octanol–water partition coefficient (Wildman–Crippen LogP) is 2.17. The van der Waals surface area contributed by atoms with Crippen molar-refractivity contribution in [2.45, 2.75) is 58.4 Å². The summed E-state index contributed by atoms with van der Waals surface area (Å²) in [4.78, 5) is 14.2. The Bertz CT molecular complexity index is 267. The summed E-state index contributed by atoms with van der Waals surface area (Å²) in [6.45, 7) is 6.95. The van der Waals surface area contributed by atoms with Gasteiger partial charge in [-0.3, -0.25) is 4.79 Å². The lowest BCUT2D eigenvalue weighted by Crippen LogP contribution is -2.49. The zero-order valence-corrected chi connectivity index (χ0v) is 12.8. The second kappa shape index (κ2) is 7.85. The lowest BCUT2D eigenvalue weighted by Gasteiger charge is -2.41. The molecule has 2 N–H and O–H groups in total. The van der Waals surface area contributed by atoms with E-state index in [9.17, 15) is 4.79 Å². The minimum absolute atomic E-state index is 0.122. The zero-order valence-electron chi connectivity index (χ0n) is 12.8. The number of nitrogens with zero attached hydrogens (tertiary/aromatic N) is 1. The van der Waals surface area contributed by atoms with Gasteiger partial charge in [-0.2, -0.15) is 0 Å². The summed E-state index contributed by atoms with van der Waals surface area (Å²) in [5.41, 5.74) is 6.43. The zero-order chi connectivity index (χ0) is 14.3. The van der Waals surface area contributed by atoms with Gasteiger partial charge in [0.15, 0.2) is 0 Å². The first-order chi connectivity index (χ1) is 9.08. The molecule has 1 amide bonds. The Balaban J connectivity index is 2.39. The molecule has 4 heteroatoms. The highest BCUT2D eigenvalue weighted by Gasteiger charge is 2.33. The highest BCUT2D eigenvalue weighted by Crippen LogP contribution is 2.37. The van der Waals surface area contributed by atoms with Crippen LogP contribution in [0.15, 0.2) is 0 Å². The molecule has 1 unspecified atom stereocenters. The summed E-state index contributed by atoms with van der Waals surface area (Å²) in [6, 6.07) is -0.356. The number of piperidine rings is 1. The third-order valence-electron chi connectivity index (χ3n) is 4.82. The molecule has 19 heavy (non-hydrogen) atoms. The van der Waals surface area contributed by atoms with E-state index < -0.39 is 0 Å². The van der Waals surface area contributed by atoms with Gasteiger partial charge in [-0.05, 0) is 31.1 Å². The van der Waals surface area contributed by atoms with E-state index >= 15 is 0 Å². The SMILES string of the molecule is CCC1(CC)CCN(C(=O)C(N)CCCOC)CC1. The summed E-state index contributed by atoms with van der Waals surface area (Å²) in [6.07, 6.45) is 6.24. The van der Waals surface area contributed by atoms with Crippen LogP contribution in [-0.4, -0.2) is 43.7 Å². The Morgan fingerprint density at radius 3 is 2.37 bits per heavy atom. The summed E-state index contributed by atoms with van der Waals surface area (Å²) < 4.78 is 4.99. The monoisotopic (exact) mass is 270 g/mol. The minimum Gasteiger partial charge on any atom is -0.385 e. The van der Waals surface area contributed by atoms with Crippen LogP contribution < -0.4 is 5.73 Å². The second-order valence-electron chi connectivity index (χ2n) is 5.77. The first kappa shape index (κ1) is 16.4. The summed E-state index contributed by atoms with van der Waals surface area (Å²) in [7, 11) is 1.67. The topological polar surface area (TPSA) is 55.6 Å².